The predicted octanol–water partition coefficient (Wildman–Crippen LogP) is 0.105. The van der Waals surface area contributed by atoms with E-state index in [1.54, 1.807) is 24.3 Å². The fourth-order valence-electron chi connectivity index (χ4n) is 2.11. The van der Waals surface area contributed by atoms with Crippen LogP contribution in [-0.2, 0) is 25.7 Å². The van der Waals surface area contributed by atoms with E-state index in [1.165, 1.54) is 12.0 Å². The van der Waals surface area contributed by atoms with E-state index in [0.29, 0.717) is 5.12 Å². The number of carbonyl (C=O) groups excluding carboxylic acids is 2. The minimum absolute atomic E-state index is 0.0274. The van der Waals surface area contributed by atoms with Crippen molar-refractivity contribution in [3.8, 4) is 0 Å². The van der Waals surface area contributed by atoms with E-state index in [9.17, 15) is 19.5 Å². The smallest absolute Gasteiger partial charge is 0.357 e. The molecule has 0 radical (unpaired) electrons. The first-order chi connectivity index (χ1) is 12.5. The summed E-state index contributed by atoms with van der Waals surface area (Å²) in [5, 5.41) is 15.8. The van der Waals surface area contributed by atoms with Crippen LogP contribution in [0, 0.1) is 0 Å². The van der Waals surface area contributed by atoms with E-state index in [2.05, 4.69) is 17.0 Å². The van der Waals surface area contributed by atoms with Crippen LogP contribution < -0.4 is 11.2 Å². The molecule has 0 fully saturated rings. The summed E-state index contributed by atoms with van der Waals surface area (Å²) in [6.07, 6.45) is 1.44. The van der Waals surface area contributed by atoms with E-state index in [4.69, 9.17) is 10.6 Å². The summed E-state index contributed by atoms with van der Waals surface area (Å²) in [6, 6.07) is 8.89. The maximum Gasteiger partial charge on any atom is 0.357 e. The van der Waals surface area contributed by atoms with Crippen molar-refractivity contribution in [2.45, 2.75) is 6.61 Å². The monoisotopic (exact) mass is 356 g/mol. The predicted molar refractivity (Wildman–Crippen MR) is 91.8 cm³/mol. The molecule has 1 aromatic carbocycles. The van der Waals surface area contributed by atoms with Crippen molar-refractivity contribution in [3.63, 3.8) is 0 Å². The molecule has 1 aliphatic heterocycles. The molecular weight excluding hydrogens is 340 g/mol. The average molecular weight is 356 g/mol. The molecule has 1 aliphatic rings. The van der Waals surface area contributed by atoms with Crippen molar-refractivity contribution in [1.82, 2.24) is 10.4 Å². The molecule has 0 unspecified atom stereocenters. The zero-order valence-electron chi connectivity index (χ0n) is 13.6. The zero-order chi connectivity index (χ0) is 19.1. The average Bonchev–Trinajstić information content (AvgIpc) is 2.64. The van der Waals surface area contributed by atoms with Gasteiger partial charge in [-0.05, 0) is 5.56 Å². The van der Waals surface area contributed by atoms with Crippen LogP contribution in [-0.4, -0.2) is 40.3 Å². The summed E-state index contributed by atoms with van der Waals surface area (Å²) in [4.78, 5) is 35.0. The third-order valence-corrected chi connectivity index (χ3v) is 3.27. The number of benzene rings is 1. The maximum atomic E-state index is 12.3. The SMILES string of the molecule is C=CCNC(=O)C1=C(OCc2ccccc2)C(=C=O)C(C(=O)O)=NN1N. The van der Waals surface area contributed by atoms with Gasteiger partial charge in [0.1, 0.15) is 18.1 Å². The molecule has 0 spiro atoms. The topological polar surface area (TPSA) is 134 Å². The fraction of sp³-hybridized carbons (Fsp3) is 0.118. The Labute approximate surface area is 148 Å². The lowest BCUT2D eigenvalue weighted by Gasteiger charge is -2.25. The number of carboxylic acid groups (broad SMARTS) is 1. The fourth-order valence-corrected chi connectivity index (χ4v) is 2.11. The van der Waals surface area contributed by atoms with Crippen LogP contribution in [0.4, 0.5) is 0 Å². The number of carboxylic acids is 1. The Morgan fingerprint density at radius 3 is 2.65 bits per heavy atom. The molecule has 0 saturated carbocycles. The Kier molecular flexibility index (Phi) is 6.05. The van der Waals surface area contributed by atoms with Crippen LogP contribution in [0.1, 0.15) is 5.56 Å². The highest BCUT2D eigenvalue weighted by molar-refractivity contribution is 6.45. The van der Waals surface area contributed by atoms with Gasteiger partial charge in [0.2, 0.25) is 0 Å². The highest BCUT2D eigenvalue weighted by Crippen LogP contribution is 2.25. The first kappa shape index (κ1) is 18.7. The van der Waals surface area contributed by atoms with Gasteiger partial charge in [-0.3, -0.25) is 4.79 Å². The molecule has 9 nitrogen and oxygen atoms in total. The Balaban J connectivity index is 2.45. The molecule has 0 aliphatic carbocycles. The van der Waals surface area contributed by atoms with Crippen molar-refractivity contribution in [3.05, 3.63) is 65.6 Å². The largest absolute Gasteiger partial charge is 0.485 e. The minimum Gasteiger partial charge on any atom is -0.485 e. The van der Waals surface area contributed by atoms with E-state index < -0.39 is 23.2 Å². The quantitative estimate of drug-likeness (QED) is 0.358. The van der Waals surface area contributed by atoms with Crippen LogP contribution >= 0.6 is 0 Å². The number of amides is 1. The molecule has 26 heavy (non-hydrogen) atoms. The summed E-state index contributed by atoms with van der Waals surface area (Å²) in [7, 11) is 0. The lowest BCUT2D eigenvalue weighted by atomic mass is 10.1. The molecule has 0 bridgehead atoms. The molecule has 1 aromatic rings. The van der Waals surface area contributed by atoms with Gasteiger partial charge in [-0.1, -0.05) is 36.4 Å². The van der Waals surface area contributed by atoms with Gasteiger partial charge < -0.3 is 15.2 Å². The van der Waals surface area contributed by atoms with Gasteiger partial charge in [-0.25, -0.2) is 15.4 Å². The maximum absolute atomic E-state index is 12.3. The molecule has 9 heteroatoms. The van der Waals surface area contributed by atoms with Crippen molar-refractivity contribution < 1.29 is 24.2 Å². The van der Waals surface area contributed by atoms with Gasteiger partial charge in [-0.2, -0.15) is 5.12 Å². The van der Waals surface area contributed by atoms with Crippen LogP contribution in [0.15, 0.2) is 65.1 Å². The van der Waals surface area contributed by atoms with Crippen LogP contribution in [0.25, 0.3) is 0 Å². The summed E-state index contributed by atoms with van der Waals surface area (Å²) < 4.78 is 5.56. The third-order valence-electron chi connectivity index (χ3n) is 3.27. The highest BCUT2D eigenvalue weighted by atomic mass is 16.5. The molecule has 0 aromatic heterocycles. The van der Waals surface area contributed by atoms with E-state index >= 15 is 0 Å². The van der Waals surface area contributed by atoms with Crippen LogP contribution in [0.2, 0.25) is 0 Å². The summed E-state index contributed by atoms with van der Waals surface area (Å²) in [5.74, 6) is 4.60. The second kappa shape index (κ2) is 8.43. The van der Waals surface area contributed by atoms with Crippen molar-refractivity contribution in [2.24, 2.45) is 10.9 Å². The van der Waals surface area contributed by atoms with Gasteiger partial charge in [0.05, 0.1) is 0 Å². The molecular formula is C17H16N4O5. The zero-order valence-corrected chi connectivity index (χ0v) is 13.6. The van der Waals surface area contributed by atoms with E-state index in [1.807, 2.05) is 6.07 Å². The summed E-state index contributed by atoms with van der Waals surface area (Å²) in [5.41, 5.74) is -0.755. The van der Waals surface area contributed by atoms with Gasteiger partial charge in [0.15, 0.2) is 17.2 Å². The Morgan fingerprint density at radius 2 is 2.08 bits per heavy atom. The summed E-state index contributed by atoms with van der Waals surface area (Å²) >= 11 is 0. The van der Waals surface area contributed by atoms with E-state index in [0.717, 1.165) is 5.56 Å². The molecule has 2 rings (SSSR count). The number of aliphatic carboxylic acids is 1. The number of carbonyl (C=O) groups is 2. The number of hydrazone groups is 1. The van der Waals surface area contributed by atoms with Crippen molar-refractivity contribution in [1.29, 1.82) is 0 Å². The number of hydrogen-bond donors (Lipinski definition) is 3. The van der Waals surface area contributed by atoms with Gasteiger partial charge >= 0.3 is 5.97 Å². The Bertz CT molecular complexity index is 838. The standard InChI is InChI=1S/C17H16N4O5/c1-2-8-19-16(23)14-15(26-10-11-6-4-3-5-7-11)12(9-22)13(17(24)25)20-21(14)18/h2-7H,1,8,10,18H2,(H,19,23)(H,24,25). The molecule has 0 saturated heterocycles. The second-order valence-corrected chi connectivity index (χ2v) is 5.03. The minimum atomic E-state index is -1.51. The highest BCUT2D eigenvalue weighted by Gasteiger charge is 2.35. The number of nitrogens with two attached hydrogens (primary N) is 1. The molecule has 0 atom stereocenters. The first-order valence-corrected chi connectivity index (χ1v) is 7.42. The van der Waals surface area contributed by atoms with Crippen LogP contribution in [0.5, 0.6) is 0 Å². The molecule has 1 heterocycles. The molecule has 134 valence electrons. The molecule has 1 amide bonds. The summed E-state index contributed by atoms with van der Waals surface area (Å²) in [6.45, 7) is 3.57. The number of allylic oxidation sites excluding steroid dienone is 1. The molecule has 4 N–H and O–H groups in total. The lowest BCUT2D eigenvalue weighted by Crippen LogP contribution is -2.42. The van der Waals surface area contributed by atoms with Gasteiger partial charge in [-0.15, -0.1) is 11.7 Å². The number of nitrogens with one attached hydrogen (secondary N) is 1. The Hall–Kier alpha value is -3.68. The number of ether oxygens (including phenoxy) is 1. The number of nitrogens with zero attached hydrogens (tertiary/aromatic N) is 2. The van der Waals surface area contributed by atoms with E-state index in [-0.39, 0.29) is 24.6 Å². The Morgan fingerprint density at radius 1 is 1.38 bits per heavy atom. The van der Waals surface area contributed by atoms with Gasteiger partial charge in [0, 0.05) is 6.54 Å². The normalized spacial score (nSPS) is 13.7. The number of hydrogen-bond acceptors (Lipinski definition) is 7. The number of hydrazine groups is 1. The van der Waals surface area contributed by atoms with Gasteiger partial charge in [0.25, 0.3) is 5.91 Å². The van der Waals surface area contributed by atoms with Crippen molar-refractivity contribution in [2.75, 3.05) is 6.54 Å². The second-order valence-electron chi connectivity index (χ2n) is 5.03. The van der Waals surface area contributed by atoms with Crippen molar-refractivity contribution >= 4 is 23.5 Å². The third kappa shape index (κ3) is 4.04. The van der Waals surface area contributed by atoms with Crippen LogP contribution in [0.3, 0.4) is 0 Å². The lowest BCUT2D eigenvalue weighted by molar-refractivity contribution is -0.129. The number of rotatable bonds is 7. The first-order valence-electron chi connectivity index (χ1n) is 7.42.